The third kappa shape index (κ3) is 4.18. The van der Waals surface area contributed by atoms with Crippen molar-refractivity contribution < 1.29 is 4.74 Å². The van der Waals surface area contributed by atoms with Crippen molar-refractivity contribution in [1.29, 1.82) is 0 Å². The summed E-state index contributed by atoms with van der Waals surface area (Å²) in [5.41, 5.74) is 9.60. The average molecular weight is 413 g/mol. The number of nitrogens with two attached hydrogens (primary N) is 1. The molecule has 4 rings (SSSR count). The Bertz CT molecular complexity index is 982. The molecule has 0 aliphatic rings. The van der Waals surface area contributed by atoms with Crippen LogP contribution in [0.2, 0.25) is 0 Å². The number of aromatic nitrogens is 2. The van der Waals surface area contributed by atoms with Crippen LogP contribution in [-0.2, 0) is 16.9 Å². The predicted molar refractivity (Wildman–Crippen MR) is 126 cm³/mol. The van der Waals surface area contributed by atoms with Gasteiger partial charge in [-0.1, -0.05) is 91.0 Å². The lowest BCUT2D eigenvalue weighted by Gasteiger charge is -2.36. The largest absolute Gasteiger partial charge is 0.382 e. The summed E-state index contributed by atoms with van der Waals surface area (Å²) < 4.78 is 8.56. The van der Waals surface area contributed by atoms with Crippen LogP contribution in [0.5, 0.6) is 0 Å². The molecule has 0 spiro atoms. The molecular weight excluding hydrogens is 384 g/mol. The first-order valence-corrected chi connectivity index (χ1v) is 10.6. The molecule has 5 nitrogen and oxygen atoms in total. The molecule has 1 aromatic heterocycles. The summed E-state index contributed by atoms with van der Waals surface area (Å²) in [4.78, 5) is 0. The van der Waals surface area contributed by atoms with Crippen LogP contribution >= 0.6 is 0 Å². The van der Waals surface area contributed by atoms with Crippen LogP contribution < -0.4 is 11.1 Å². The summed E-state index contributed by atoms with van der Waals surface area (Å²) in [5, 5.41) is 7.65. The van der Waals surface area contributed by atoms with Crippen LogP contribution in [0.1, 0.15) is 23.6 Å². The third-order valence-corrected chi connectivity index (χ3v) is 5.41. The van der Waals surface area contributed by atoms with Crippen LogP contribution in [0.4, 0.5) is 11.5 Å². The Balaban J connectivity index is 1.72. The lowest BCUT2D eigenvalue weighted by Crippen LogP contribution is -2.34. The van der Waals surface area contributed by atoms with Gasteiger partial charge in [0.2, 0.25) is 0 Å². The Morgan fingerprint density at radius 1 is 0.839 bits per heavy atom. The summed E-state index contributed by atoms with van der Waals surface area (Å²) >= 11 is 0. The van der Waals surface area contributed by atoms with Crippen molar-refractivity contribution in [2.45, 2.75) is 19.1 Å². The van der Waals surface area contributed by atoms with Gasteiger partial charge in [0.1, 0.15) is 11.4 Å². The van der Waals surface area contributed by atoms with Gasteiger partial charge in [-0.3, -0.25) is 0 Å². The highest BCUT2D eigenvalue weighted by atomic mass is 16.5. The lowest BCUT2D eigenvalue weighted by atomic mass is 9.80. The first-order valence-electron chi connectivity index (χ1n) is 10.6. The summed E-state index contributed by atoms with van der Waals surface area (Å²) in [6.07, 6.45) is 1.76. The number of hydrogen-bond acceptors (Lipinski definition) is 4. The Kier molecular flexibility index (Phi) is 6.34. The highest BCUT2D eigenvalue weighted by Crippen LogP contribution is 2.40. The maximum absolute atomic E-state index is 6.78. The normalized spacial score (nSPS) is 11.4. The fourth-order valence-electron chi connectivity index (χ4n) is 3.95. The monoisotopic (exact) mass is 412 g/mol. The minimum atomic E-state index is -0.740. The number of ether oxygens (including phenoxy) is 1. The Hall–Kier alpha value is -3.57. The molecule has 0 saturated heterocycles. The van der Waals surface area contributed by atoms with Crippen LogP contribution in [-0.4, -0.2) is 22.9 Å². The van der Waals surface area contributed by atoms with Crippen molar-refractivity contribution in [1.82, 2.24) is 9.78 Å². The molecule has 1 heterocycles. The summed E-state index contributed by atoms with van der Waals surface area (Å²) in [6, 6.07) is 31.1. The standard InChI is InChI=1S/C26H28N4O/c1-2-28-24-20-29-30(25(24)27)18-19-31-26(21-12-6-3-7-13-21,22-14-8-4-9-15-22)23-16-10-5-11-17-23/h3-17,20,28H,2,18-19,27H2,1H3. The molecule has 0 unspecified atom stereocenters. The Morgan fingerprint density at radius 3 is 1.77 bits per heavy atom. The first-order chi connectivity index (χ1) is 15.3. The zero-order valence-corrected chi connectivity index (χ0v) is 17.7. The van der Waals surface area contributed by atoms with E-state index in [-0.39, 0.29) is 0 Å². The Labute approximate surface area is 183 Å². The van der Waals surface area contributed by atoms with Gasteiger partial charge < -0.3 is 15.8 Å². The SMILES string of the molecule is CCNc1cnn(CCOC(c2ccccc2)(c2ccccc2)c2ccccc2)c1N. The minimum Gasteiger partial charge on any atom is -0.382 e. The van der Waals surface area contributed by atoms with Crippen molar-refractivity contribution in [3.05, 3.63) is 114 Å². The van der Waals surface area contributed by atoms with Crippen molar-refractivity contribution in [3.63, 3.8) is 0 Å². The van der Waals surface area contributed by atoms with Crippen LogP contribution in [0.3, 0.4) is 0 Å². The average Bonchev–Trinajstić information content (AvgIpc) is 3.18. The zero-order chi connectivity index (χ0) is 21.5. The van der Waals surface area contributed by atoms with Gasteiger partial charge in [0, 0.05) is 6.54 Å². The molecule has 4 aromatic rings. The highest BCUT2D eigenvalue weighted by molar-refractivity contribution is 5.60. The number of nitrogens with one attached hydrogen (secondary N) is 1. The molecule has 0 amide bonds. The lowest BCUT2D eigenvalue weighted by molar-refractivity contribution is 0.00738. The fraction of sp³-hybridized carbons (Fsp3) is 0.192. The van der Waals surface area contributed by atoms with Gasteiger partial charge in [0.05, 0.1) is 25.0 Å². The second kappa shape index (κ2) is 9.49. The van der Waals surface area contributed by atoms with E-state index in [9.17, 15) is 0 Å². The molecule has 3 N–H and O–H groups in total. The van der Waals surface area contributed by atoms with E-state index in [4.69, 9.17) is 10.5 Å². The molecule has 5 heteroatoms. The molecule has 0 bridgehead atoms. The van der Waals surface area contributed by atoms with Crippen LogP contribution in [0.15, 0.2) is 97.2 Å². The molecule has 0 radical (unpaired) electrons. The van der Waals surface area contributed by atoms with E-state index < -0.39 is 5.60 Å². The van der Waals surface area contributed by atoms with E-state index in [2.05, 4.69) is 46.8 Å². The second-order valence-corrected chi connectivity index (χ2v) is 7.32. The molecule has 0 saturated carbocycles. The number of anilines is 2. The van der Waals surface area contributed by atoms with Gasteiger partial charge >= 0.3 is 0 Å². The predicted octanol–water partition coefficient (Wildman–Crippen LogP) is 4.91. The second-order valence-electron chi connectivity index (χ2n) is 7.32. The summed E-state index contributed by atoms with van der Waals surface area (Å²) in [5.74, 6) is 0.621. The number of benzene rings is 3. The molecule has 0 fully saturated rings. The molecule has 0 atom stereocenters. The van der Waals surface area contributed by atoms with Crippen molar-refractivity contribution in [3.8, 4) is 0 Å². The quantitative estimate of drug-likeness (QED) is 0.384. The van der Waals surface area contributed by atoms with E-state index in [1.165, 1.54) is 0 Å². The topological polar surface area (TPSA) is 65.1 Å². The highest BCUT2D eigenvalue weighted by Gasteiger charge is 2.37. The number of nitrogen functional groups attached to an aromatic ring is 1. The van der Waals surface area contributed by atoms with Gasteiger partial charge in [0.25, 0.3) is 0 Å². The summed E-state index contributed by atoms with van der Waals surface area (Å²) in [7, 11) is 0. The molecular formula is C26H28N4O. The summed E-state index contributed by atoms with van der Waals surface area (Å²) in [6.45, 7) is 3.82. The maximum Gasteiger partial charge on any atom is 0.145 e. The van der Waals surface area contributed by atoms with Crippen molar-refractivity contribution in [2.75, 3.05) is 24.2 Å². The van der Waals surface area contributed by atoms with Gasteiger partial charge in [-0.2, -0.15) is 5.10 Å². The van der Waals surface area contributed by atoms with E-state index in [1.54, 1.807) is 10.9 Å². The molecule has 0 aliphatic heterocycles. The Morgan fingerprint density at radius 2 is 1.32 bits per heavy atom. The zero-order valence-electron chi connectivity index (χ0n) is 17.7. The van der Waals surface area contributed by atoms with E-state index in [1.807, 2.05) is 61.5 Å². The first kappa shape index (κ1) is 20.7. The van der Waals surface area contributed by atoms with Gasteiger partial charge in [-0.25, -0.2) is 4.68 Å². The maximum atomic E-state index is 6.78. The fourth-order valence-corrected chi connectivity index (χ4v) is 3.95. The smallest absolute Gasteiger partial charge is 0.145 e. The van der Waals surface area contributed by atoms with Crippen molar-refractivity contribution in [2.24, 2.45) is 0 Å². The number of hydrogen-bond donors (Lipinski definition) is 2. The van der Waals surface area contributed by atoms with Crippen molar-refractivity contribution >= 4 is 11.5 Å². The van der Waals surface area contributed by atoms with E-state index in [0.29, 0.717) is 19.0 Å². The van der Waals surface area contributed by atoms with Gasteiger partial charge in [-0.15, -0.1) is 0 Å². The van der Waals surface area contributed by atoms with E-state index >= 15 is 0 Å². The molecule has 0 aliphatic carbocycles. The molecule has 3 aromatic carbocycles. The van der Waals surface area contributed by atoms with Crippen LogP contribution in [0, 0.1) is 0 Å². The third-order valence-electron chi connectivity index (χ3n) is 5.41. The molecule has 31 heavy (non-hydrogen) atoms. The van der Waals surface area contributed by atoms with Crippen LogP contribution in [0.25, 0.3) is 0 Å². The molecule has 158 valence electrons. The number of rotatable bonds is 9. The minimum absolute atomic E-state index is 0.441. The van der Waals surface area contributed by atoms with Gasteiger partial charge in [0.15, 0.2) is 0 Å². The van der Waals surface area contributed by atoms with Gasteiger partial charge in [-0.05, 0) is 23.6 Å². The van der Waals surface area contributed by atoms with E-state index in [0.717, 1.165) is 28.9 Å². The number of nitrogens with zero attached hydrogens (tertiary/aromatic N) is 2.